The van der Waals surface area contributed by atoms with E-state index in [0.717, 1.165) is 6.42 Å². The van der Waals surface area contributed by atoms with Crippen LogP contribution in [0.5, 0.6) is 0 Å². The molecule has 0 N–H and O–H groups in total. The molecule has 98 valence electrons. The number of halogens is 1. The summed E-state index contributed by atoms with van der Waals surface area (Å²) in [6.07, 6.45) is 2.47. The Hall–Kier alpha value is -1.53. The molecule has 5 nitrogen and oxygen atoms in total. The first-order valence-electron chi connectivity index (χ1n) is 5.75. The molecule has 0 radical (unpaired) electrons. The molecule has 0 bridgehead atoms. The van der Waals surface area contributed by atoms with Gasteiger partial charge in [-0.2, -0.15) is 4.68 Å². The predicted octanol–water partition coefficient (Wildman–Crippen LogP) is 3.16. The van der Waals surface area contributed by atoms with Crippen molar-refractivity contribution in [3.05, 3.63) is 51.2 Å². The number of hydrogen-bond acceptors (Lipinski definition) is 4. The van der Waals surface area contributed by atoms with Gasteiger partial charge in [0.05, 0.1) is 17.8 Å². The standard InChI is InChI=1S/C12H10ClN3O2S/c13-10-7-15(14-12(10)16(17)18)6-9-5-8-3-1-2-4-11(8)19-9/h1-4,7,9H,5-6H2. The monoisotopic (exact) mass is 295 g/mol. The number of thioether (sulfide) groups is 1. The molecule has 0 saturated carbocycles. The minimum Gasteiger partial charge on any atom is -0.358 e. The third-order valence-electron chi connectivity index (χ3n) is 2.98. The predicted molar refractivity (Wildman–Crippen MR) is 73.7 cm³/mol. The fourth-order valence-corrected chi connectivity index (χ4v) is 3.70. The van der Waals surface area contributed by atoms with Crippen LogP contribution >= 0.6 is 23.4 Å². The summed E-state index contributed by atoms with van der Waals surface area (Å²) in [6, 6.07) is 8.25. The Morgan fingerprint density at radius 1 is 1.53 bits per heavy atom. The lowest BCUT2D eigenvalue weighted by atomic mass is 10.1. The smallest absolute Gasteiger partial charge is 0.358 e. The molecular weight excluding hydrogens is 286 g/mol. The minimum atomic E-state index is -0.560. The van der Waals surface area contributed by atoms with Gasteiger partial charge in [-0.1, -0.05) is 29.8 Å². The SMILES string of the molecule is O=[N+]([O-])c1nn(CC2Cc3ccccc3S2)cc1Cl. The molecule has 1 aromatic carbocycles. The molecule has 2 heterocycles. The fourth-order valence-electron chi connectivity index (χ4n) is 2.17. The zero-order valence-corrected chi connectivity index (χ0v) is 11.4. The molecule has 7 heteroatoms. The average Bonchev–Trinajstić information content (AvgIpc) is 2.92. The average molecular weight is 296 g/mol. The van der Waals surface area contributed by atoms with Gasteiger partial charge in [-0.05, 0) is 23.0 Å². The molecule has 1 aliphatic heterocycles. The Kier molecular flexibility index (Phi) is 3.20. The van der Waals surface area contributed by atoms with Crippen LogP contribution in [-0.4, -0.2) is 20.0 Å². The summed E-state index contributed by atoms with van der Waals surface area (Å²) in [6.45, 7) is 0.618. The van der Waals surface area contributed by atoms with Gasteiger partial charge in [0.25, 0.3) is 0 Å². The van der Waals surface area contributed by atoms with Gasteiger partial charge in [0, 0.05) is 10.1 Å². The van der Waals surface area contributed by atoms with Gasteiger partial charge in [0.2, 0.25) is 0 Å². The van der Waals surface area contributed by atoms with Gasteiger partial charge in [-0.3, -0.25) is 0 Å². The van der Waals surface area contributed by atoms with Crippen molar-refractivity contribution < 1.29 is 4.92 Å². The highest BCUT2D eigenvalue weighted by Crippen LogP contribution is 2.37. The summed E-state index contributed by atoms with van der Waals surface area (Å²) in [7, 11) is 0. The van der Waals surface area contributed by atoms with Gasteiger partial charge in [-0.15, -0.1) is 11.8 Å². The number of aromatic nitrogens is 2. The zero-order valence-electron chi connectivity index (χ0n) is 9.82. The summed E-state index contributed by atoms with van der Waals surface area (Å²) >= 11 is 7.56. The third-order valence-corrected chi connectivity index (χ3v) is 4.54. The Bertz CT molecular complexity index is 619. The Morgan fingerprint density at radius 2 is 2.32 bits per heavy atom. The summed E-state index contributed by atoms with van der Waals surface area (Å²) < 4.78 is 1.56. The maximum absolute atomic E-state index is 10.7. The Labute approximate surface area is 118 Å². The molecule has 1 atom stereocenters. The van der Waals surface area contributed by atoms with Crippen molar-refractivity contribution >= 4 is 29.2 Å². The van der Waals surface area contributed by atoms with E-state index in [1.165, 1.54) is 16.7 Å². The molecule has 1 unspecified atom stereocenters. The van der Waals surface area contributed by atoms with Gasteiger partial charge in [-0.25, -0.2) is 0 Å². The summed E-state index contributed by atoms with van der Waals surface area (Å²) in [5.41, 5.74) is 1.32. The van der Waals surface area contributed by atoms with Crippen LogP contribution < -0.4 is 0 Å². The maximum atomic E-state index is 10.7. The third kappa shape index (κ3) is 2.46. The van der Waals surface area contributed by atoms with E-state index in [-0.39, 0.29) is 10.8 Å². The van der Waals surface area contributed by atoms with E-state index in [1.807, 2.05) is 12.1 Å². The molecule has 3 rings (SSSR count). The van der Waals surface area contributed by atoms with Gasteiger partial charge in [0.1, 0.15) is 0 Å². The van der Waals surface area contributed by atoms with Gasteiger partial charge in [0.15, 0.2) is 5.02 Å². The molecule has 0 spiro atoms. The molecule has 0 saturated heterocycles. The first-order valence-corrected chi connectivity index (χ1v) is 7.01. The quantitative estimate of drug-likeness (QED) is 0.644. The number of rotatable bonds is 3. The number of fused-ring (bicyclic) bond motifs is 1. The van der Waals surface area contributed by atoms with Crippen molar-refractivity contribution in [2.45, 2.75) is 23.1 Å². The van der Waals surface area contributed by atoms with E-state index in [2.05, 4.69) is 17.2 Å². The molecular formula is C12H10ClN3O2S. The minimum absolute atomic E-state index is 0.0884. The van der Waals surface area contributed by atoms with E-state index in [1.54, 1.807) is 16.4 Å². The number of hydrogen-bond donors (Lipinski definition) is 0. The van der Waals surface area contributed by atoms with Crippen molar-refractivity contribution in [3.63, 3.8) is 0 Å². The van der Waals surface area contributed by atoms with E-state index < -0.39 is 4.92 Å². The van der Waals surface area contributed by atoms with Crippen molar-refractivity contribution in [2.75, 3.05) is 0 Å². The van der Waals surface area contributed by atoms with Crippen LogP contribution in [-0.2, 0) is 13.0 Å². The lowest BCUT2D eigenvalue weighted by Gasteiger charge is -2.04. The molecule has 19 heavy (non-hydrogen) atoms. The highest BCUT2D eigenvalue weighted by molar-refractivity contribution is 8.00. The number of nitro groups is 1. The van der Waals surface area contributed by atoms with Crippen LogP contribution in [0.15, 0.2) is 35.4 Å². The topological polar surface area (TPSA) is 61.0 Å². The van der Waals surface area contributed by atoms with Crippen molar-refractivity contribution in [1.82, 2.24) is 9.78 Å². The lowest BCUT2D eigenvalue weighted by molar-refractivity contribution is -0.389. The largest absolute Gasteiger partial charge is 0.408 e. The van der Waals surface area contributed by atoms with E-state index in [9.17, 15) is 10.1 Å². The molecule has 0 fully saturated rings. The molecule has 1 aromatic heterocycles. The summed E-state index contributed by atoms with van der Waals surface area (Å²) in [4.78, 5) is 11.4. The van der Waals surface area contributed by atoms with Crippen molar-refractivity contribution in [1.29, 1.82) is 0 Å². The second-order valence-corrected chi connectivity index (χ2v) is 6.08. The zero-order chi connectivity index (χ0) is 13.4. The van der Waals surface area contributed by atoms with E-state index in [0.29, 0.717) is 11.8 Å². The number of benzene rings is 1. The molecule has 0 aliphatic carbocycles. The Morgan fingerprint density at radius 3 is 3.00 bits per heavy atom. The molecule has 0 amide bonds. The van der Waals surface area contributed by atoms with Crippen LogP contribution in [0.25, 0.3) is 0 Å². The second-order valence-electron chi connectivity index (χ2n) is 4.33. The van der Waals surface area contributed by atoms with Crippen LogP contribution in [0, 0.1) is 10.1 Å². The summed E-state index contributed by atoms with van der Waals surface area (Å²) in [5.74, 6) is -0.276. The molecule has 1 aliphatic rings. The van der Waals surface area contributed by atoms with Crippen LogP contribution in [0.4, 0.5) is 5.82 Å². The normalized spacial score (nSPS) is 17.4. The van der Waals surface area contributed by atoms with Crippen molar-refractivity contribution in [2.24, 2.45) is 0 Å². The van der Waals surface area contributed by atoms with E-state index >= 15 is 0 Å². The van der Waals surface area contributed by atoms with Gasteiger partial charge < -0.3 is 10.1 Å². The Balaban J connectivity index is 1.74. The second kappa shape index (κ2) is 4.86. The highest BCUT2D eigenvalue weighted by atomic mass is 35.5. The van der Waals surface area contributed by atoms with Crippen molar-refractivity contribution in [3.8, 4) is 0 Å². The van der Waals surface area contributed by atoms with Crippen LogP contribution in [0.2, 0.25) is 5.02 Å². The van der Waals surface area contributed by atoms with E-state index in [4.69, 9.17) is 11.6 Å². The van der Waals surface area contributed by atoms with Crippen LogP contribution in [0.3, 0.4) is 0 Å². The number of nitrogens with zero attached hydrogens (tertiary/aromatic N) is 3. The first-order chi connectivity index (χ1) is 9.13. The highest BCUT2D eigenvalue weighted by Gasteiger charge is 2.25. The van der Waals surface area contributed by atoms with Crippen LogP contribution in [0.1, 0.15) is 5.56 Å². The maximum Gasteiger partial charge on any atom is 0.408 e. The fraction of sp³-hybridized carbons (Fsp3) is 0.250. The summed E-state index contributed by atoms with van der Waals surface area (Å²) in [5, 5.41) is 15.0. The first kappa shape index (κ1) is 12.5. The van der Waals surface area contributed by atoms with Gasteiger partial charge >= 0.3 is 5.82 Å². The lowest BCUT2D eigenvalue weighted by Crippen LogP contribution is -2.12. The molecule has 2 aromatic rings.